The van der Waals surface area contributed by atoms with Crippen LogP contribution in [0, 0.1) is 11.7 Å². The van der Waals surface area contributed by atoms with E-state index >= 15 is 0 Å². The Bertz CT molecular complexity index is 361. The van der Waals surface area contributed by atoms with Crippen LogP contribution in [0.3, 0.4) is 0 Å². The average Bonchev–Trinajstić information content (AvgIpc) is 2.22. The molecule has 0 atom stereocenters. The van der Waals surface area contributed by atoms with E-state index in [2.05, 4.69) is 35.1 Å². The van der Waals surface area contributed by atoms with Crippen molar-refractivity contribution in [1.82, 2.24) is 5.32 Å². The van der Waals surface area contributed by atoms with Crippen molar-refractivity contribution in [3.8, 4) is 0 Å². The fraction of sp³-hybridized carbons (Fsp3) is 0.385. The monoisotopic (exact) mass is 285 g/mol. The third kappa shape index (κ3) is 4.90. The quantitative estimate of drug-likeness (QED) is 0.811. The van der Waals surface area contributed by atoms with Gasteiger partial charge in [-0.1, -0.05) is 41.9 Å². The maximum atomic E-state index is 13.0. The Hall–Kier alpha value is -0.670. The van der Waals surface area contributed by atoms with Crippen molar-refractivity contribution in [3.05, 3.63) is 40.1 Å². The lowest BCUT2D eigenvalue weighted by Gasteiger charge is -2.04. The summed E-state index contributed by atoms with van der Waals surface area (Å²) in [5, 5.41) is 3.29. The van der Waals surface area contributed by atoms with Gasteiger partial charge in [0.1, 0.15) is 5.82 Å². The van der Waals surface area contributed by atoms with E-state index in [1.807, 2.05) is 12.2 Å². The summed E-state index contributed by atoms with van der Waals surface area (Å²) in [6.07, 6.45) is 3.92. The molecule has 1 rings (SSSR count). The summed E-state index contributed by atoms with van der Waals surface area (Å²) in [5.74, 6) is 0.437. The molecule has 88 valence electrons. The molecule has 0 unspecified atom stereocenters. The molecule has 0 heterocycles. The molecule has 0 bridgehead atoms. The van der Waals surface area contributed by atoms with Crippen LogP contribution in [0.4, 0.5) is 4.39 Å². The van der Waals surface area contributed by atoms with E-state index in [4.69, 9.17) is 0 Å². The number of nitrogens with one attached hydrogen (secondary N) is 1. The van der Waals surface area contributed by atoms with E-state index in [-0.39, 0.29) is 5.82 Å². The maximum absolute atomic E-state index is 13.0. The minimum absolute atomic E-state index is 0.210. The van der Waals surface area contributed by atoms with Crippen molar-refractivity contribution in [2.75, 3.05) is 13.1 Å². The molecule has 0 aliphatic rings. The van der Waals surface area contributed by atoms with Crippen LogP contribution in [0.5, 0.6) is 0 Å². The minimum atomic E-state index is -0.210. The van der Waals surface area contributed by atoms with E-state index in [0.29, 0.717) is 5.92 Å². The van der Waals surface area contributed by atoms with E-state index in [9.17, 15) is 4.39 Å². The Balaban J connectivity index is 2.46. The normalized spacial score (nSPS) is 11.6. The van der Waals surface area contributed by atoms with E-state index in [1.165, 1.54) is 12.1 Å². The highest BCUT2D eigenvalue weighted by atomic mass is 79.9. The molecule has 16 heavy (non-hydrogen) atoms. The lowest BCUT2D eigenvalue weighted by atomic mass is 10.2. The highest BCUT2D eigenvalue weighted by Gasteiger charge is 1.97. The third-order valence-electron chi connectivity index (χ3n) is 2.07. The minimum Gasteiger partial charge on any atom is -0.313 e. The molecule has 1 N–H and O–H groups in total. The summed E-state index contributed by atoms with van der Waals surface area (Å²) in [6, 6.07) is 4.68. The van der Waals surface area contributed by atoms with Gasteiger partial charge in [-0.3, -0.25) is 0 Å². The van der Waals surface area contributed by atoms with Crippen molar-refractivity contribution in [1.29, 1.82) is 0 Å². The Morgan fingerprint density at radius 3 is 2.88 bits per heavy atom. The number of hydrogen-bond acceptors (Lipinski definition) is 1. The molecule has 3 heteroatoms. The Labute approximate surface area is 105 Å². The molecule has 1 aromatic carbocycles. The zero-order valence-corrected chi connectivity index (χ0v) is 11.2. The maximum Gasteiger partial charge on any atom is 0.123 e. The second kappa shape index (κ2) is 6.81. The molecule has 0 fully saturated rings. The summed E-state index contributed by atoms with van der Waals surface area (Å²) in [4.78, 5) is 0. The summed E-state index contributed by atoms with van der Waals surface area (Å²) in [7, 11) is 0. The first-order valence-corrected chi connectivity index (χ1v) is 6.21. The molecule has 0 aliphatic heterocycles. The van der Waals surface area contributed by atoms with Crippen molar-refractivity contribution in [3.63, 3.8) is 0 Å². The van der Waals surface area contributed by atoms with Crippen LogP contribution in [0.1, 0.15) is 19.4 Å². The van der Waals surface area contributed by atoms with Gasteiger partial charge in [0, 0.05) is 11.0 Å². The fourth-order valence-electron chi connectivity index (χ4n) is 1.28. The second-order valence-corrected chi connectivity index (χ2v) is 4.97. The lowest BCUT2D eigenvalue weighted by Crippen LogP contribution is -2.19. The van der Waals surface area contributed by atoms with Crippen LogP contribution in [-0.4, -0.2) is 13.1 Å². The second-order valence-electron chi connectivity index (χ2n) is 4.12. The van der Waals surface area contributed by atoms with Crippen molar-refractivity contribution in [2.45, 2.75) is 13.8 Å². The molecule has 0 saturated carbocycles. The summed E-state index contributed by atoms with van der Waals surface area (Å²) in [5.41, 5.74) is 0.867. The number of halogens is 2. The predicted molar refractivity (Wildman–Crippen MR) is 70.8 cm³/mol. The molecule has 1 aromatic rings. The van der Waals surface area contributed by atoms with Crippen molar-refractivity contribution >= 4 is 22.0 Å². The molecule has 0 aromatic heterocycles. The van der Waals surface area contributed by atoms with Gasteiger partial charge in [0.15, 0.2) is 0 Å². The molecule has 0 radical (unpaired) electrons. The molecule has 0 saturated heterocycles. The Kier molecular flexibility index (Phi) is 5.71. The highest BCUT2D eigenvalue weighted by molar-refractivity contribution is 9.10. The standard InChI is InChI=1S/C13H17BrFN/c1-10(2)9-16-7-3-4-11-8-12(15)5-6-13(11)14/h3-6,8,10,16H,7,9H2,1-2H3/b4-3+. The van der Waals surface area contributed by atoms with E-state index in [0.717, 1.165) is 23.1 Å². The van der Waals surface area contributed by atoms with Gasteiger partial charge in [-0.15, -0.1) is 0 Å². The smallest absolute Gasteiger partial charge is 0.123 e. The van der Waals surface area contributed by atoms with Gasteiger partial charge in [-0.05, 0) is 36.2 Å². The van der Waals surface area contributed by atoms with Gasteiger partial charge in [-0.2, -0.15) is 0 Å². The molecule has 0 spiro atoms. The van der Waals surface area contributed by atoms with Crippen LogP contribution < -0.4 is 5.32 Å². The van der Waals surface area contributed by atoms with Crippen molar-refractivity contribution in [2.24, 2.45) is 5.92 Å². The van der Waals surface area contributed by atoms with Gasteiger partial charge in [0.2, 0.25) is 0 Å². The first kappa shape index (κ1) is 13.4. The summed E-state index contributed by atoms with van der Waals surface area (Å²) < 4.78 is 13.9. The lowest BCUT2D eigenvalue weighted by molar-refractivity contribution is 0.577. The molecule has 0 amide bonds. The van der Waals surface area contributed by atoms with E-state index < -0.39 is 0 Å². The third-order valence-corrected chi connectivity index (χ3v) is 2.79. The van der Waals surface area contributed by atoms with Crippen LogP contribution >= 0.6 is 15.9 Å². The highest BCUT2D eigenvalue weighted by Crippen LogP contribution is 2.18. The number of benzene rings is 1. The number of rotatable bonds is 5. The molecular weight excluding hydrogens is 269 g/mol. The van der Waals surface area contributed by atoms with Crippen LogP contribution in [0.15, 0.2) is 28.7 Å². The largest absolute Gasteiger partial charge is 0.313 e. The summed E-state index contributed by atoms with van der Waals surface area (Å²) >= 11 is 3.38. The van der Waals surface area contributed by atoms with Crippen molar-refractivity contribution < 1.29 is 4.39 Å². The van der Waals surface area contributed by atoms with E-state index in [1.54, 1.807) is 6.07 Å². The summed E-state index contributed by atoms with van der Waals surface area (Å²) in [6.45, 7) is 6.13. The zero-order chi connectivity index (χ0) is 12.0. The SMILES string of the molecule is CC(C)CNC/C=C/c1cc(F)ccc1Br. The topological polar surface area (TPSA) is 12.0 Å². The molecule has 1 nitrogen and oxygen atoms in total. The van der Waals surface area contributed by atoms with Gasteiger partial charge < -0.3 is 5.32 Å². The number of hydrogen-bond donors (Lipinski definition) is 1. The van der Waals surface area contributed by atoms with Crippen LogP contribution in [0.2, 0.25) is 0 Å². The van der Waals surface area contributed by atoms with Gasteiger partial charge in [0.25, 0.3) is 0 Å². The average molecular weight is 286 g/mol. The zero-order valence-electron chi connectivity index (χ0n) is 9.63. The first-order chi connectivity index (χ1) is 7.59. The van der Waals surface area contributed by atoms with Crippen LogP contribution in [-0.2, 0) is 0 Å². The Morgan fingerprint density at radius 1 is 1.44 bits per heavy atom. The van der Waals surface area contributed by atoms with Gasteiger partial charge in [0.05, 0.1) is 0 Å². The molecule has 0 aliphatic carbocycles. The van der Waals surface area contributed by atoms with Gasteiger partial charge >= 0.3 is 0 Å². The Morgan fingerprint density at radius 2 is 2.19 bits per heavy atom. The predicted octanol–water partition coefficient (Wildman–Crippen LogP) is 3.85. The molecular formula is C13H17BrFN. The fourth-order valence-corrected chi connectivity index (χ4v) is 1.66. The van der Waals surface area contributed by atoms with Crippen LogP contribution in [0.25, 0.3) is 6.08 Å². The first-order valence-electron chi connectivity index (χ1n) is 5.42. The van der Waals surface area contributed by atoms with Gasteiger partial charge in [-0.25, -0.2) is 4.39 Å².